The van der Waals surface area contributed by atoms with Crippen LogP contribution in [-0.4, -0.2) is 36.0 Å². The summed E-state index contributed by atoms with van der Waals surface area (Å²) < 4.78 is 0. The molecule has 1 heterocycles. The number of halogens is 1. The molecule has 1 aromatic rings. The third kappa shape index (κ3) is 4.11. The van der Waals surface area contributed by atoms with Gasteiger partial charge in [-0.3, -0.25) is 4.79 Å². The third-order valence-corrected chi connectivity index (χ3v) is 3.81. The van der Waals surface area contributed by atoms with Crippen LogP contribution in [0.25, 0.3) is 0 Å². The van der Waals surface area contributed by atoms with Crippen LogP contribution in [0, 0.1) is 0 Å². The van der Waals surface area contributed by atoms with Gasteiger partial charge in [0, 0.05) is 24.7 Å². The van der Waals surface area contributed by atoms with Crippen molar-refractivity contribution in [1.29, 1.82) is 0 Å². The molecule has 6 heteroatoms. The van der Waals surface area contributed by atoms with Gasteiger partial charge >= 0.3 is 6.03 Å². The lowest BCUT2D eigenvalue weighted by atomic mass is 10.2. The molecule has 1 atom stereocenters. The largest absolute Gasteiger partial charge is 0.354 e. The van der Waals surface area contributed by atoms with Crippen molar-refractivity contribution in [2.24, 2.45) is 0 Å². The number of carbonyl (C=O) groups excluding carboxylic acids is 2. The second-order valence-electron chi connectivity index (χ2n) is 5.09. The zero-order valence-corrected chi connectivity index (χ0v) is 12.8. The molecule has 114 valence electrons. The van der Waals surface area contributed by atoms with Gasteiger partial charge in [-0.25, -0.2) is 4.79 Å². The standard InChI is InChI=1S/C15H20ClN3O2/c1-2-9-19(10-11-5-3-4-6-12(11)16)15(21)18-13-7-8-17-14(13)20/h3-6,13H,2,7-10H2,1H3,(H,17,20)(H,18,21)/t13-/m0/s1. The Morgan fingerprint density at radius 2 is 2.24 bits per heavy atom. The molecule has 0 radical (unpaired) electrons. The molecule has 0 aromatic heterocycles. The Morgan fingerprint density at radius 1 is 1.48 bits per heavy atom. The molecule has 1 aliphatic rings. The van der Waals surface area contributed by atoms with Crippen molar-refractivity contribution in [2.45, 2.75) is 32.4 Å². The summed E-state index contributed by atoms with van der Waals surface area (Å²) in [6.45, 7) is 3.68. The molecule has 0 bridgehead atoms. The number of nitrogens with zero attached hydrogens (tertiary/aromatic N) is 1. The van der Waals surface area contributed by atoms with Gasteiger partial charge in [0.15, 0.2) is 0 Å². The molecular formula is C15H20ClN3O2. The summed E-state index contributed by atoms with van der Waals surface area (Å²) in [5.41, 5.74) is 0.902. The number of hydrogen-bond donors (Lipinski definition) is 2. The first-order chi connectivity index (χ1) is 10.1. The number of rotatable bonds is 5. The van der Waals surface area contributed by atoms with Gasteiger partial charge < -0.3 is 15.5 Å². The summed E-state index contributed by atoms with van der Waals surface area (Å²) in [6.07, 6.45) is 1.48. The van der Waals surface area contributed by atoms with Gasteiger partial charge in [-0.15, -0.1) is 0 Å². The van der Waals surface area contributed by atoms with E-state index in [2.05, 4.69) is 10.6 Å². The summed E-state index contributed by atoms with van der Waals surface area (Å²) in [6, 6.07) is 6.82. The number of hydrogen-bond acceptors (Lipinski definition) is 2. The van der Waals surface area contributed by atoms with E-state index in [1.165, 1.54) is 0 Å². The van der Waals surface area contributed by atoms with Crippen molar-refractivity contribution >= 4 is 23.5 Å². The molecule has 3 amide bonds. The van der Waals surface area contributed by atoms with Gasteiger partial charge in [-0.05, 0) is 24.5 Å². The molecule has 0 spiro atoms. The lowest BCUT2D eigenvalue weighted by Gasteiger charge is -2.24. The van der Waals surface area contributed by atoms with Crippen LogP contribution < -0.4 is 10.6 Å². The van der Waals surface area contributed by atoms with E-state index in [1.807, 2.05) is 31.2 Å². The van der Waals surface area contributed by atoms with E-state index in [0.29, 0.717) is 31.1 Å². The Kier molecular flexibility index (Phi) is 5.44. The van der Waals surface area contributed by atoms with Crippen molar-refractivity contribution in [3.63, 3.8) is 0 Å². The van der Waals surface area contributed by atoms with Crippen LogP contribution in [-0.2, 0) is 11.3 Å². The van der Waals surface area contributed by atoms with Crippen molar-refractivity contribution in [2.75, 3.05) is 13.1 Å². The average molecular weight is 310 g/mol. The molecule has 1 saturated heterocycles. The van der Waals surface area contributed by atoms with E-state index >= 15 is 0 Å². The first-order valence-corrected chi connectivity index (χ1v) is 7.56. The monoisotopic (exact) mass is 309 g/mol. The van der Waals surface area contributed by atoms with E-state index < -0.39 is 6.04 Å². The normalized spacial score (nSPS) is 17.4. The smallest absolute Gasteiger partial charge is 0.318 e. The highest BCUT2D eigenvalue weighted by Crippen LogP contribution is 2.17. The number of amides is 3. The van der Waals surface area contributed by atoms with E-state index in [-0.39, 0.29) is 11.9 Å². The number of benzene rings is 1. The van der Waals surface area contributed by atoms with Crippen LogP contribution >= 0.6 is 11.6 Å². The second-order valence-corrected chi connectivity index (χ2v) is 5.50. The fourth-order valence-corrected chi connectivity index (χ4v) is 2.52. The SMILES string of the molecule is CCCN(Cc1ccccc1Cl)C(=O)N[C@H]1CCNC1=O. The summed E-state index contributed by atoms with van der Waals surface area (Å²) >= 11 is 6.14. The predicted molar refractivity (Wildman–Crippen MR) is 82.1 cm³/mol. The van der Waals surface area contributed by atoms with Crippen LogP contribution in [0.1, 0.15) is 25.3 Å². The molecule has 1 aliphatic heterocycles. The Labute approximate surface area is 129 Å². The van der Waals surface area contributed by atoms with E-state index in [1.54, 1.807) is 4.90 Å². The van der Waals surface area contributed by atoms with E-state index in [9.17, 15) is 9.59 Å². The lowest BCUT2D eigenvalue weighted by molar-refractivity contribution is -0.120. The fraction of sp³-hybridized carbons (Fsp3) is 0.467. The number of nitrogens with one attached hydrogen (secondary N) is 2. The molecule has 0 aliphatic carbocycles. The molecule has 5 nitrogen and oxygen atoms in total. The first kappa shape index (κ1) is 15.6. The van der Waals surface area contributed by atoms with Gasteiger partial charge in [0.25, 0.3) is 0 Å². The minimum Gasteiger partial charge on any atom is -0.354 e. The summed E-state index contributed by atoms with van der Waals surface area (Å²) in [4.78, 5) is 25.6. The van der Waals surface area contributed by atoms with Gasteiger partial charge in [0.1, 0.15) is 6.04 Å². The highest BCUT2D eigenvalue weighted by Gasteiger charge is 2.27. The summed E-state index contributed by atoms with van der Waals surface area (Å²) in [7, 11) is 0. The van der Waals surface area contributed by atoms with Gasteiger partial charge in [0.05, 0.1) is 0 Å². The molecule has 21 heavy (non-hydrogen) atoms. The van der Waals surface area contributed by atoms with Gasteiger partial charge in [-0.2, -0.15) is 0 Å². The Balaban J connectivity index is 2.02. The van der Waals surface area contributed by atoms with Crippen LogP contribution in [0.4, 0.5) is 4.79 Å². The molecule has 1 aromatic carbocycles. The predicted octanol–water partition coefficient (Wildman–Crippen LogP) is 2.15. The quantitative estimate of drug-likeness (QED) is 0.875. The van der Waals surface area contributed by atoms with E-state index in [4.69, 9.17) is 11.6 Å². The third-order valence-electron chi connectivity index (χ3n) is 3.45. The van der Waals surface area contributed by atoms with E-state index in [0.717, 1.165) is 12.0 Å². The molecule has 2 N–H and O–H groups in total. The maximum absolute atomic E-state index is 12.3. The van der Waals surface area contributed by atoms with Crippen LogP contribution in [0.5, 0.6) is 0 Å². The topological polar surface area (TPSA) is 61.4 Å². The summed E-state index contributed by atoms with van der Waals surface area (Å²) in [5.74, 6) is -0.113. The van der Waals surface area contributed by atoms with Crippen LogP contribution in [0.3, 0.4) is 0 Å². The van der Waals surface area contributed by atoms with Gasteiger partial charge in [0.2, 0.25) is 5.91 Å². The summed E-state index contributed by atoms with van der Waals surface area (Å²) in [5, 5.41) is 6.14. The molecule has 0 unspecified atom stereocenters. The second kappa shape index (κ2) is 7.31. The molecule has 2 rings (SSSR count). The van der Waals surface area contributed by atoms with Crippen LogP contribution in [0.2, 0.25) is 5.02 Å². The van der Waals surface area contributed by atoms with Gasteiger partial charge in [-0.1, -0.05) is 36.7 Å². The Morgan fingerprint density at radius 3 is 2.86 bits per heavy atom. The highest BCUT2D eigenvalue weighted by atomic mass is 35.5. The minimum absolute atomic E-state index is 0.113. The van der Waals surface area contributed by atoms with Crippen molar-refractivity contribution in [3.8, 4) is 0 Å². The maximum Gasteiger partial charge on any atom is 0.318 e. The average Bonchev–Trinajstić information content (AvgIpc) is 2.86. The van der Waals surface area contributed by atoms with Crippen molar-refractivity contribution < 1.29 is 9.59 Å². The first-order valence-electron chi connectivity index (χ1n) is 7.18. The minimum atomic E-state index is -0.428. The molecule has 1 fully saturated rings. The zero-order chi connectivity index (χ0) is 15.2. The van der Waals surface area contributed by atoms with Crippen molar-refractivity contribution in [1.82, 2.24) is 15.5 Å². The number of carbonyl (C=O) groups is 2. The molecule has 0 saturated carbocycles. The number of urea groups is 1. The Hall–Kier alpha value is -1.75. The lowest BCUT2D eigenvalue weighted by Crippen LogP contribution is -2.47. The Bertz CT molecular complexity index is 521. The zero-order valence-electron chi connectivity index (χ0n) is 12.1. The van der Waals surface area contributed by atoms with Crippen LogP contribution in [0.15, 0.2) is 24.3 Å². The fourth-order valence-electron chi connectivity index (χ4n) is 2.33. The van der Waals surface area contributed by atoms with Crippen molar-refractivity contribution in [3.05, 3.63) is 34.9 Å². The maximum atomic E-state index is 12.3. The highest BCUT2D eigenvalue weighted by molar-refractivity contribution is 6.31. The molecular weight excluding hydrogens is 290 g/mol.